The summed E-state index contributed by atoms with van der Waals surface area (Å²) in [5, 5.41) is 9.12. The standard InChI is InChI=1S/C10H12ClNO4/c11-8-4-7(10(13)14)5-9(6-8)15-2-1-3-16-12/h4-6H,1-3,12H2,(H,13,14). The second-order valence-corrected chi connectivity index (χ2v) is 3.49. The van der Waals surface area contributed by atoms with Gasteiger partial charge >= 0.3 is 5.97 Å². The molecule has 1 rings (SSSR count). The van der Waals surface area contributed by atoms with E-state index in [0.717, 1.165) is 0 Å². The van der Waals surface area contributed by atoms with E-state index < -0.39 is 5.97 Å². The average Bonchev–Trinajstić information content (AvgIpc) is 2.23. The molecule has 0 aliphatic rings. The van der Waals surface area contributed by atoms with Crippen molar-refractivity contribution in [2.75, 3.05) is 13.2 Å². The molecule has 0 atom stereocenters. The number of carboxylic acid groups (broad SMARTS) is 1. The van der Waals surface area contributed by atoms with Crippen LogP contribution in [0, 0.1) is 0 Å². The fraction of sp³-hybridized carbons (Fsp3) is 0.300. The number of ether oxygens (including phenoxy) is 1. The SMILES string of the molecule is NOCCCOc1cc(Cl)cc(C(=O)O)c1. The van der Waals surface area contributed by atoms with Crippen molar-refractivity contribution < 1.29 is 19.5 Å². The predicted molar refractivity (Wildman–Crippen MR) is 58.7 cm³/mol. The fourth-order valence-corrected chi connectivity index (χ4v) is 1.33. The van der Waals surface area contributed by atoms with E-state index in [4.69, 9.17) is 27.3 Å². The van der Waals surface area contributed by atoms with Crippen LogP contribution in [0.5, 0.6) is 5.75 Å². The normalized spacial score (nSPS) is 10.1. The van der Waals surface area contributed by atoms with Gasteiger partial charge in [0, 0.05) is 11.4 Å². The first-order valence-corrected chi connectivity index (χ1v) is 4.99. The van der Waals surface area contributed by atoms with Gasteiger partial charge in [-0.3, -0.25) is 0 Å². The summed E-state index contributed by atoms with van der Waals surface area (Å²) in [4.78, 5) is 15.1. The molecule has 0 fully saturated rings. The third-order valence-electron chi connectivity index (χ3n) is 1.79. The second kappa shape index (κ2) is 6.32. The van der Waals surface area contributed by atoms with Crippen molar-refractivity contribution in [1.29, 1.82) is 0 Å². The van der Waals surface area contributed by atoms with Gasteiger partial charge in [-0.25, -0.2) is 10.7 Å². The topological polar surface area (TPSA) is 81.8 Å². The van der Waals surface area contributed by atoms with Gasteiger partial charge in [0.1, 0.15) is 5.75 Å². The summed E-state index contributed by atoms with van der Waals surface area (Å²) < 4.78 is 5.30. The zero-order chi connectivity index (χ0) is 12.0. The number of carbonyl (C=O) groups is 1. The first-order chi connectivity index (χ1) is 7.63. The number of halogens is 1. The van der Waals surface area contributed by atoms with Gasteiger partial charge in [-0.15, -0.1) is 0 Å². The summed E-state index contributed by atoms with van der Waals surface area (Å²) >= 11 is 5.75. The molecule has 1 aromatic carbocycles. The molecule has 0 aliphatic heterocycles. The van der Waals surface area contributed by atoms with Crippen LogP contribution in [0.1, 0.15) is 16.8 Å². The van der Waals surface area contributed by atoms with Gasteiger partial charge in [0.15, 0.2) is 0 Å². The Morgan fingerprint density at radius 1 is 1.38 bits per heavy atom. The first kappa shape index (κ1) is 12.8. The lowest BCUT2D eigenvalue weighted by atomic mass is 10.2. The Morgan fingerprint density at radius 2 is 2.12 bits per heavy atom. The smallest absolute Gasteiger partial charge is 0.335 e. The van der Waals surface area contributed by atoms with E-state index >= 15 is 0 Å². The highest BCUT2D eigenvalue weighted by atomic mass is 35.5. The van der Waals surface area contributed by atoms with E-state index in [2.05, 4.69) is 4.84 Å². The molecule has 0 aliphatic carbocycles. The van der Waals surface area contributed by atoms with E-state index in [1.807, 2.05) is 0 Å². The highest BCUT2D eigenvalue weighted by Gasteiger charge is 2.06. The van der Waals surface area contributed by atoms with Crippen LogP contribution in [0.25, 0.3) is 0 Å². The molecule has 5 nitrogen and oxygen atoms in total. The molecule has 16 heavy (non-hydrogen) atoms. The number of hydrogen-bond donors (Lipinski definition) is 2. The number of hydrogen-bond acceptors (Lipinski definition) is 4. The van der Waals surface area contributed by atoms with Crippen molar-refractivity contribution in [3.05, 3.63) is 28.8 Å². The Balaban J connectivity index is 2.62. The average molecular weight is 246 g/mol. The molecule has 0 saturated carbocycles. The lowest BCUT2D eigenvalue weighted by Gasteiger charge is -2.07. The van der Waals surface area contributed by atoms with Gasteiger partial charge in [-0.05, 0) is 18.2 Å². The lowest BCUT2D eigenvalue weighted by Crippen LogP contribution is -2.06. The molecular weight excluding hydrogens is 234 g/mol. The first-order valence-electron chi connectivity index (χ1n) is 4.62. The summed E-state index contributed by atoms with van der Waals surface area (Å²) in [7, 11) is 0. The second-order valence-electron chi connectivity index (χ2n) is 3.05. The summed E-state index contributed by atoms with van der Waals surface area (Å²) in [6.07, 6.45) is 0.616. The quantitative estimate of drug-likeness (QED) is 0.589. The maximum atomic E-state index is 10.7. The number of benzene rings is 1. The summed E-state index contributed by atoms with van der Waals surface area (Å²) in [6.45, 7) is 0.767. The van der Waals surface area contributed by atoms with E-state index in [1.165, 1.54) is 12.1 Å². The molecule has 0 bridgehead atoms. The maximum Gasteiger partial charge on any atom is 0.335 e. The summed E-state index contributed by atoms with van der Waals surface area (Å²) in [5.74, 6) is 4.22. The highest BCUT2D eigenvalue weighted by molar-refractivity contribution is 6.31. The Hall–Kier alpha value is -1.30. The van der Waals surface area contributed by atoms with Crippen molar-refractivity contribution in [3.8, 4) is 5.75 Å². The van der Waals surface area contributed by atoms with Crippen LogP contribution in [-0.2, 0) is 4.84 Å². The van der Waals surface area contributed by atoms with Gasteiger partial charge in [-0.1, -0.05) is 11.6 Å². The molecule has 0 amide bonds. The van der Waals surface area contributed by atoms with Crippen LogP contribution in [-0.4, -0.2) is 24.3 Å². The Bertz CT molecular complexity index is 370. The number of aromatic carboxylic acids is 1. The zero-order valence-electron chi connectivity index (χ0n) is 8.48. The van der Waals surface area contributed by atoms with Crippen molar-refractivity contribution in [1.82, 2.24) is 0 Å². The molecule has 3 N–H and O–H groups in total. The van der Waals surface area contributed by atoms with Crippen LogP contribution < -0.4 is 10.6 Å². The Kier molecular flexibility index (Phi) is 5.04. The molecule has 88 valence electrons. The summed E-state index contributed by atoms with van der Waals surface area (Å²) in [6, 6.07) is 4.33. The molecule has 0 saturated heterocycles. The van der Waals surface area contributed by atoms with E-state index in [0.29, 0.717) is 30.4 Å². The highest BCUT2D eigenvalue weighted by Crippen LogP contribution is 2.21. The Morgan fingerprint density at radius 3 is 2.75 bits per heavy atom. The molecule has 6 heteroatoms. The van der Waals surface area contributed by atoms with Crippen LogP contribution in [0.4, 0.5) is 0 Å². The summed E-state index contributed by atoms with van der Waals surface area (Å²) in [5.41, 5.74) is 0.0950. The number of rotatable bonds is 6. The van der Waals surface area contributed by atoms with Crippen molar-refractivity contribution >= 4 is 17.6 Å². The number of nitrogens with two attached hydrogens (primary N) is 1. The minimum atomic E-state index is -1.04. The third kappa shape index (κ3) is 4.06. The van der Waals surface area contributed by atoms with Crippen molar-refractivity contribution in [3.63, 3.8) is 0 Å². The monoisotopic (exact) mass is 245 g/mol. The maximum absolute atomic E-state index is 10.7. The van der Waals surface area contributed by atoms with Gasteiger partial charge in [0.25, 0.3) is 0 Å². The minimum absolute atomic E-state index is 0.0950. The van der Waals surface area contributed by atoms with Crippen molar-refractivity contribution in [2.24, 2.45) is 5.90 Å². The molecule has 0 spiro atoms. The van der Waals surface area contributed by atoms with Gasteiger partial charge in [0.2, 0.25) is 0 Å². The predicted octanol–water partition coefficient (Wildman–Crippen LogP) is 1.70. The largest absolute Gasteiger partial charge is 0.493 e. The Labute approximate surface area is 97.7 Å². The van der Waals surface area contributed by atoms with E-state index in [9.17, 15) is 4.79 Å². The molecule has 0 aromatic heterocycles. The molecule has 0 radical (unpaired) electrons. The van der Waals surface area contributed by atoms with Crippen molar-refractivity contribution in [2.45, 2.75) is 6.42 Å². The van der Waals surface area contributed by atoms with E-state index in [-0.39, 0.29) is 5.56 Å². The zero-order valence-corrected chi connectivity index (χ0v) is 9.24. The van der Waals surface area contributed by atoms with Gasteiger partial charge < -0.3 is 14.7 Å². The van der Waals surface area contributed by atoms with Crippen LogP contribution in [0.15, 0.2) is 18.2 Å². The van der Waals surface area contributed by atoms with Crippen LogP contribution >= 0.6 is 11.6 Å². The minimum Gasteiger partial charge on any atom is -0.493 e. The van der Waals surface area contributed by atoms with Crippen LogP contribution in [0.2, 0.25) is 5.02 Å². The van der Waals surface area contributed by atoms with Crippen LogP contribution in [0.3, 0.4) is 0 Å². The van der Waals surface area contributed by atoms with Gasteiger partial charge in [0.05, 0.1) is 18.8 Å². The molecular formula is C10H12ClNO4. The fourth-order valence-electron chi connectivity index (χ4n) is 1.10. The molecule has 1 aromatic rings. The van der Waals surface area contributed by atoms with E-state index in [1.54, 1.807) is 6.07 Å². The number of carboxylic acids is 1. The lowest BCUT2D eigenvalue weighted by molar-refractivity contribution is 0.0696. The molecule has 0 heterocycles. The van der Waals surface area contributed by atoms with Gasteiger partial charge in [-0.2, -0.15) is 0 Å². The third-order valence-corrected chi connectivity index (χ3v) is 2.01. The molecule has 0 unspecified atom stereocenters.